The standard InChI is InChI=1S/C11H13ClN2O/c1-2-3-4-6-14-11(15)10-8-9(12)5-7-13-10/h2-3,5,7-8H,4,6H2,1H3,(H,14,15)/b3-2+. The first kappa shape index (κ1) is 11.7. The summed E-state index contributed by atoms with van der Waals surface area (Å²) in [4.78, 5) is 15.4. The van der Waals surface area contributed by atoms with Crippen LogP contribution >= 0.6 is 11.6 Å². The lowest BCUT2D eigenvalue weighted by Gasteiger charge is -2.02. The SMILES string of the molecule is C/C=C/CCNC(=O)c1cc(Cl)ccn1. The average Bonchev–Trinajstić information content (AvgIpc) is 2.24. The van der Waals surface area contributed by atoms with Crippen molar-refractivity contribution in [1.82, 2.24) is 10.3 Å². The Labute approximate surface area is 94.2 Å². The largest absolute Gasteiger partial charge is 0.350 e. The van der Waals surface area contributed by atoms with Gasteiger partial charge in [0, 0.05) is 17.8 Å². The molecule has 1 aromatic rings. The molecule has 1 N–H and O–H groups in total. The van der Waals surface area contributed by atoms with E-state index in [0.29, 0.717) is 17.3 Å². The molecule has 3 nitrogen and oxygen atoms in total. The Balaban J connectivity index is 2.47. The van der Waals surface area contributed by atoms with Crippen LogP contribution in [-0.4, -0.2) is 17.4 Å². The molecule has 4 heteroatoms. The first-order valence-electron chi connectivity index (χ1n) is 4.75. The third kappa shape index (κ3) is 4.13. The molecule has 0 atom stereocenters. The molecule has 0 saturated carbocycles. The summed E-state index contributed by atoms with van der Waals surface area (Å²) >= 11 is 5.74. The van der Waals surface area contributed by atoms with Gasteiger partial charge in [0.1, 0.15) is 5.69 Å². The number of amides is 1. The summed E-state index contributed by atoms with van der Waals surface area (Å²) in [6.45, 7) is 2.55. The van der Waals surface area contributed by atoms with Gasteiger partial charge in [0.2, 0.25) is 0 Å². The molecule has 1 aromatic heterocycles. The second-order valence-electron chi connectivity index (χ2n) is 2.97. The van der Waals surface area contributed by atoms with E-state index in [-0.39, 0.29) is 5.91 Å². The third-order valence-electron chi connectivity index (χ3n) is 1.79. The van der Waals surface area contributed by atoms with Gasteiger partial charge in [0.15, 0.2) is 0 Å². The van der Waals surface area contributed by atoms with Crippen molar-refractivity contribution < 1.29 is 4.79 Å². The maximum atomic E-state index is 11.5. The molecule has 1 heterocycles. The summed E-state index contributed by atoms with van der Waals surface area (Å²) in [5, 5.41) is 3.27. The minimum absolute atomic E-state index is 0.193. The van der Waals surface area contributed by atoms with Crippen LogP contribution in [0.5, 0.6) is 0 Å². The minimum atomic E-state index is -0.193. The maximum Gasteiger partial charge on any atom is 0.269 e. The molecule has 0 unspecified atom stereocenters. The highest BCUT2D eigenvalue weighted by atomic mass is 35.5. The lowest BCUT2D eigenvalue weighted by Crippen LogP contribution is -2.24. The Kier molecular flexibility index (Phi) is 4.84. The van der Waals surface area contributed by atoms with Crippen LogP contribution in [0.2, 0.25) is 5.02 Å². The van der Waals surface area contributed by atoms with Crippen molar-refractivity contribution in [3.8, 4) is 0 Å². The molecule has 80 valence electrons. The number of carbonyl (C=O) groups is 1. The van der Waals surface area contributed by atoms with Crippen molar-refractivity contribution >= 4 is 17.5 Å². The van der Waals surface area contributed by atoms with Gasteiger partial charge in [-0.1, -0.05) is 23.8 Å². The van der Waals surface area contributed by atoms with Crippen LogP contribution in [0.3, 0.4) is 0 Å². The van der Waals surface area contributed by atoms with E-state index in [4.69, 9.17) is 11.6 Å². The van der Waals surface area contributed by atoms with Crippen molar-refractivity contribution in [1.29, 1.82) is 0 Å². The molecule has 15 heavy (non-hydrogen) atoms. The molecule has 0 aliphatic rings. The predicted octanol–water partition coefficient (Wildman–Crippen LogP) is 2.43. The van der Waals surface area contributed by atoms with E-state index >= 15 is 0 Å². The van der Waals surface area contributed by atoms with E-state index in [9.17, 15) is 4.79 Å². The molecule has 0 radical (unpaired) electrons. The summed E-state index contributed by atoms with van der Waals surface area (Å²) in [5.41, 5.74) is 0.350. The van der Waals surface area contributed by atoms with Crippen LogP contribution in [0.25, 0.3) is 0 Å². The molecule has 1 amide bonds. The summed E-state index contributed by atoms with van der Waals surface area (Å²) in [7, 11) is 0. The van der Waals surface area contributed by atoms with E-state index in [0.717, 1.165) is 6.42 Å². The number of aromatic nitrogens is 1. The van der Waals surface area contributed by atoms with Gasteiger partial charge in [-0.25, -0.2) is 0 Å². The summed E-state index contributed by atoms with van der Waals surface area (Å²) in [6.07, 6.45) is 6.28. The predicted molar refractivity (Wildman–Crippen MR) is 61.0 cm³/mol. The number of nitrogens with one attached hydrogen (secondary N) is 1. The van der Waals surface area contributed by atoms with Crippen molar-refractivity contribution in [3.05, 3.63) is 41.2 Å². The normalized spacial score (nSPS) is 10.5. The van der Waals surface area contributed by atoms with Gasteiger partial charge in [-0.15, -0.1) is 0 Å². The van der Waals surface area contributed by atoms with Crippen molar-refractivity contribution in [2.75, 3.05) is 6.54 Å². The summed E-state index contributed by atoms with van der Waals surface area (Å²) in [6, 6.07) is 3.19. The fourth-order valence-corrected chi connectivity index (χ4v) is 1.21. The number of carbonyl (C=O) groups excluding carboxylic acids is 1. The van der Waals surface area contributed by atoms with E-state index < -0.39 is 0 Å². The Hall–Kier alpha value is -1.35. The highest BCUT2D eigenvalue weighted by Crippen LogP contribution is 2.07. The fourth-order valence-electron chi connectivity index (χ4n) is 1.06. The molecule has 1 rings (SSSR count). The number of rotatable bonds is 4. The van der Waals surface area contributed by atoms with E-state index in [2.05, 4.69) is 10.3 Å². The maximum absolute atomic E-state index is 11.5. The highest BCUT2D eigenvalue weighted by Gasteiger charge is 2.05. The Morgan fingerprint density at radius 1 is 1.67 bits per heavy atom. The zero-order chi connectivity index (χ0) is 11.1. The molecule has 0 aliphatic carbocycles. The van der Waals surface area contributed by atoms with Gasteiger partial charge in [0.25, 0.3) is 5.91 Å². The first-order valence-corrected chi connectivity index (χ1v) is 5.12. The van der Waals surface area contributed by atoms with E-state index in [1.807, 2.05) is 19.1 Å². The zero-order valence-electron chi connectivity index (χ0n) is 8.53. The summed E-state index contributed by atoms with van der Waals surface area (Å²) in [5.74, 6) is -0.193. The average molecular weight is 225 g/mol. The third-order valence-corrected chi connectivity index (χ3v) is 2.02. The van der Waals surface area contributed by atoms with Crippen molar-refractivity contribution in [2.24, 2.45) is 0 Å². The quantitative estimate of drug-likeness (QED) is 0.631. The van der Waals surface area contributed by atoms with Crippen molar-refractivity contribution in [2.45, 2.75) is 13.3 Å². The molecule has 0 fully saturated rings. The van der Waals surface area contributed by atoms with Crippen LogP contribution in [0, 0.1) is 0 Å². The lowest BCUT2D eigenvalue weighted by molar-refractivity contribution is 0.0949. The molecular formula is C11H13ClN2O. The van der Waals surface area contributed by atoms with E-state index in [1.165, 1.54) is 6.20 Å². The Bertz CT molecular complexity index is 363. The van der Waals surface area contributed by atoms with Gasteiger partial charge < -0.3 is 5.32 Å². The molecule has 0 bridgehead atoms. The Morgan fingerprint density at radius 2 is 2.47 bits per heavy atom. The number of pyridine rings is 1. The Morgan fingerprint density at radius 3 is 3.13 bits per heavy atom. The number of hydrogen-bond acceptors (Lipinski definition) is 2. The number of hydrogen-bond donors (Lipinski definition) is 1. The van der Waals surface area contributed by atoms with Gasteiger partial charge in [0.05, 0.1) is 0 Å². The fraction of sp³-hybridized carbons (Fsp3) is 0.273. The molecule has 0 aromatic carbocycles. The zero-order valence-corrected chi connectivity index (χ0v) is 9.29. The van der Waals surface area contributed by atoms with Crippen LogP contribution in [0.4, 0.5) is 0 Å². The van der Waals surface area contributed by atoms with Crippen LogP contribution in [-0.2, 0) is 0 Å². The van der Waals surface area contributed by atoms with Crippen LogP contribution in [0.15, 0.2) is 30.5 Å². The van der Waals surface area contributed by atoms with Gasteiger partial charge >= 0.3 is 0 Å². The topological polar surface area (TPSA) is 42.0 Å². The number of allylic oxidation sites excluding steroid dienone is 1. The molecule has 0 saturated heterocycles. The minimum Gasteiger partial charge on any atom is -0.350 e. The van der Waals surface area contributed by atoms with E-state index in [1.54, 1.807) is 12.1 Å². The number of halogens is 1. The first-order chi connectivity index (χ1) is 7.24. The van der Waals surface area contributed by atoms with Crippen LogP contribution in [0.1, 0.15) is 23.8 Å². The smallest absolute Gasteiger partial charge is 0.269 e. The van der Waals surface area contributed by atoms with Gasteiger partial charge in [-0.2, -0.15) is 0 Å². The van der Waals surface area contributed by atoms with Gasteiger partial charge in [-0.05, 0) is 25.5 Å². The second-order valence-corrected chi connectivity index (χ2v) is 3.41. The molecule has 0 spiro atoms. The summed E-state index contributed by atoms with van der Waals surface area (Å²) < 4.78 is 0. The molecule has 0 aliphatic heterocycles. The van der Waals surface area contributed by atoms with Gasteiger partial charge in [-0.3, -0.25) is 9.78 Å². The lowest BCUT2D eigenvalue weighted by atomic mass is 10.3. The monoisotopic (exact) mass is 224 g/mol. The second kappa shape index (κ2) is 6.19. The highest BCUT2D eigenvalue weighted by molar-refractivity contribution is 6.30. The van der Waals surface area contributed by atoms with Crippen LogP contribution < -0.4 is 5.32 Å². The molecular weight excluding hydrogens is 212 g/mol. The number of nitrogens with zero attached hydrogens (tertiary/aromatic N) is 1. The van der Waals surface area contributed by atoms with Crippen molar-refractivity contribution in [3.63, 3.8) is 0 Å².